The van der Waals surface area contributed by atoms with Crippen molar-refractivity contribution in [2.45, 2.75) is 39.0 Å². The Morgan fingerprint density at radius 2 is 1.97 bits per heavy atom. The van der Waals surface area contributed by atoms with Crippen LogP contribution in [0.4, 0.5) is 5.69 Å². The summed E-state index contributed by atoms with van der Waals surface area (Å²) in [6.07, 6.45) is 0.0451. The number of nitro benzene ring substituents is 1. The monoisotopic (exact) mass is 511 g/mol. The first-order chi connectivity index (χ1) is 18.2. The third-order valence-electron chi connectivity index (χ3n) is 7.21. The predicted octanol–water partition coefficient (Wildman–Crippen LogP) is 4.16. The van der Waals surface area contributed by atoms with E-state index in [0.29, 0.717) is 27.9 Å². The average molecular weight is 511 g/mol. The third kappa shape index (κ3) is 3.33. The highest BCUT2D eigenvalue weighted by Gasteiger charge is 2.50. The van der Waals surface area contributed by atoms with Gasteiger partial charge in [-0.2, -0.15) is 0 Å². The lowest BCUT2D eigenvalue weighted by Crippen LogP contribution is -2.47. The Kier molecular flexibility index (Phi) is 5.16. The fraction of sp³-hybridized carbons (Fsp3) is 0.214. The summed E-state index contributed by atoms with van der Waals surface area (Å²) < 4.78 is 12.7. The molecule has 0 fully saturated rings. The molecule has 4 heterocycles. The van der Waals surface area contributed by atoms with Gasteiger partial charge in [-0.3, -0.25) is 14.9 Å². The minimum Gasteiger partial charge on any atom is -0.457 e. The van der Waals surface area contributed by atoms with Crippen LogP contribution in [0.25, 0.3) is 22.3 Å². The molecule has 0 saturated heterocycles. The lowest BCUT2D eigenvalue weighted by Gasteiger charge is -2.35. The molecule has 38 heavy (non-hydrogen) atoms. The number of nitro groups is 1. The Labute approximate surface area is 215 Å². The Morgan fingerprint density at radius 3 is 2.71 bits per heavy atom. The Hall–Kier alpha value is -4.86. The second kappa shape index (κ2) is 8.34. The number of cyclic esters (lactones) is 1. The van der Waals surface area contributed by atoms with Crippen LogP contribution in [-0.4, -0.2) is 26.4 Å². The molecule has 10 nitrogen and oxygen atoms in total. The molecule has 10 heteroatoms. The maximum atomic E-state index is 13.6. The lowest BCUT2D eigenvalue weighted by molar-refractivity contribution is -0.383. The fourth-order valence-electron chi connectivity index (χ4n) is 5.29. The summed E-state index contributed by atoms with van der Waals surface area (Å²) in [4.78, 5) is 55.7. The lowest BCUT2D eigenvalue weighted by atomic mass is 9.85. The molecule has 0 spiro atoms. The molecule has 1 atom stereocenters. The van der Waals surface area contributed by atoms with E-state index < -0.39 is 28.0 Å². The van der Waals surface area contributed by atoms with Crippen molar-refractivity contribution in [2.24, 2.45) is 0 Å². The first kappa shape index (κ1) is 23.5. The highest BCUT2D eigenvalue weighted by molar-refractivity contribution is 5.94. The topological polar surface area (TPSA) is 131 Å². The van der Waals surface area contributed by atoms with Crippen LogP contribution in [0.5, 0.6) is 0 Å². The molecule has 0 unspecified atom stereocenters. The SMILES string of the molecule is CC[C@@]1(OC(=O)c2cccc(C)c2)C(=O)OCc2c1cc1n(c2=O)Cc2cc3c([N+](=O)[O-])cccc3nc2-1. The Bertz CT molecular complexity index is 1770. The number of rotatable bonds is 4. The molecule has 2 aliphatic rings. The summed E-state index contributed by atoms with van der Waals surface area (Å²) in [7, 11) is 0. The number of aromatic nitrogens is 2. The van der Waals surface area contributed by atoms with Gasteiger partial charge in [0.25, 0.3) is 11.2 Å². The number of non-ortho nitro benzene ring substituents is 1. The van der Waals surface area contributed by atoms with Crippen molar-refractivity contribution in [1.82, 2.24) is 9.55 Å². The van der Waals surface area contributed by atoms with Crippen LogP contribution < -0.4 is 5.56 Å². The van der Waals surface area contributed by atoms with E-state index in [1.54, 1.807) is 49.4 Å². The van der Waals surface area contributed by atoms with Gasteiger partial charge in [-0.1, -0.05) is 30.7 Å². The van der Waals surface area contributed by atoms with Gasteiger partial charge in [0, 0.05) is 17.2 Å². The minimum atomic E-state index is -1.82. The van der Waals surface area contributed by atoms with E-state index in [2.05, 4.69) is 4.98 Å². The number of benzene rings is 2. The molecule has 0 aliphatic carbocycles. The van der Waals surface area contributed by atoms with E-state index in [0.717, 1.165) is 5.56 Å². The van der Waals surface area contributed by atoms with Crippen LogP contribution in [0, 0.1) is 17.0 Å². The Morgan fingerprint density at radius 1 is 1.18 bits per heavy atom. The van der Waals surface area contributed by atoms with Gasteiger partial charge in [-0.05, 0) is 43.7 Å². The number of hydrogen-bond acceptors (Lipinski definition) is 8. The zero-order valence-corrected chi connectivity index (χ0v) is 20.5. The van der Waals surface area contributed by atoms with Gasteiger partial charge in [0.15, 0.2) is 0 Å². The molecule has 0 bridgehead atoms. The number of esters is 2. The maximum Gasteiger partial charge on any atom is 0.355 e. The molecule has 0 saturated carbocycles. The number of hydrogen-bond donors (Lipinski definition) is 0. The van der Waals surface area contributed by atoms with Crippen molar-refractivity contribution in [3.63, 3.8) is 0 Å². The second-order valence-corrected chi connectivity index (χ2v) is 9.43. The molecule has 190 valence electrons. The average Bonchev–Trinajstić information content (AvgIpc) is 3.26. The summed E-state index contributed by atoms with van der Waals surface area (Å²) in [6, 6.07) is 14.8. The van der Waals surface area contributed by atoms with Gasteiger partial charge in [0.05, 0.1) is 44.9 Å². The number of fused-ring (bicyclic) bond motifs is 5. The molecule has 0 radical (unpaired) electrons. The van der Waals surface area contributed by atoms with Crippen molar-refractivity contribution in [1.29, 1.82) is 0 Å². The molecule has 2 aromatic carbocycles. The van der Waals surface area contributed by atoms with Crippen molar-refractivity contribution in [2.75, 3.05) is 0 Å². The molecular weight excluding hydrogens is 490 g/mol. The maximum absolute atomic E-state index is 13.6. The van der Waals surface area contributed by atoms with Crippen LogP contribution in [0.15, 0.2) is 59.4 Å². The smallest absolute Gasteiger partial charge is 0.355 e. The van der Waals surface area contributed by atoms with Gasteiger partial charge in [-0.15, -0.1) is 0 Å². The number of carbonyl (C=O) groups excluding carboxylic acids is 2. The van der Waals surface area contributed by atoms with Crippen LogP contribution in [0.1, 0.15) is 46.0 Å². The molecule has 6 rings (SSSR count). The standard InChI is InChI=1S/C28H21N3O7/c1-3-28(38-26(33)16-7-4-6-15(2)10-16)20-12-23-24-17(13-30(23)25(32)19(20)14-37-27(28)34)11-18-21(29-24)8-5-9-22(18)31(35)36/h4-12H,3,13-14H2,1-2H3/t28-/m0/s1. The molecule has 2 aliphatic heterocycles. The second-order valence-electron chi connectivity index (χ2n) is 9.43. The minimum absolute atomic E-state index is 0.0451. The quantitative estimate of drug-likeness (QED) is 0.200. The van der Waals surface area contributed by atoms with Gasteiger partial charge < -0.3 is 14.0 Å². The summed E-state index contributed by atoms with van der Waals surface area (Å²) in [5, 5.41) is 11.9. The fourth-order valence-corrected chi connectivity index (χ4v) is 5.29. The summed E-state index contributed by atoms with van der Waals surface area (Å²) >= 11 is 0. The van der Waals surface area contributed by atoms with Crippen molar-refractivity contribution in [3.05, 3.63) is 103 Å². The number of carbonyl (C=O) groups is 2. The van der Waals surface area contributed by atoms with Gasteiger partial charge in [-0.25, -0.2) is 14.6 Å². The van der Waals surface area contributed by atoms with E-state index in [4.69, 9.17) is 9.47 Å². The van der Waals surface area contributed by atoms with E-state index in [9.17, 15) is 24.5 Å². The zero-order valence-electron chi connectivity index (χ0n) is 20.5. The van der Waals surface area contributed by atoms with Gasteiger partial charge >= 0.3 is 11.9 Å². The summed E-state index contributed by atoms with van der Waals surface area (Å²) in [5.41, 5.74) is 1.28. The number of nitrogens with zero attached hydrogens (tertiary/aromatic N) is 3. The number of ether oxygens (including phenoxy) is 2. The summed E-state index contributed by atoms with van der Waals surface area (Å²) in [6.45, 7) is 3.42. The van der Waals surface area contributed by atoms with Crippen LogP contribution >= 0.6 is 0 Å². The Balaban J connectivity index is 1.53. The third-order valence-corrected chi connectivity index (χ3v) is 7.21. The van der Waals surface area contributed by atoms with Crippen molar-refractivity contribution < 1.29 is 24.0 Å². The molecular formula is C28H21N3O7. The molecule has 0 N–H and O–H groups in total. The zero-order chi connectivity index (χ0) is 26.8. The van der Waals surface area contributed by atoms with E-state index in [1.165, 1.54) is 10.6 Å². The van der Waals surface area contributed by atoms with Crippen LogP contribution in [0.3, 0.4) is 0 Å². The first-order valence-electron chi connectivity index (χ1n) is 12.1. The number of pyridine rings is 2. The predicted molar refractivity (Wildman–Crippen MR) is 136 cm³/mol. The van der Waals surface area contributed by atoms with Gasteiger partial charge in [0.2, 0.25) is 5.60 Å². The van der Waals surface area contributed by atoms with Crippen LogP contribution in [-0.2, 0) is 33.0 Å². The molecule has 4 aromatic rings. The molecule has 0 amide bonds. The summed E-state index contributed by atoms with van der Waals surface area (Å²) in [5.74, 6) is -1.46. The normalized spacial score (nSPS) is 17.4. The first-order valence-corrected chi connectivity index (χ1v) is 12.1. The highest BCUT2D eigenvalue weighted by Crippen LogP contribution is 2.41. The van der Waals surface area contributed by atoms with Crippen LogP contribution in [0.2, 0.25) is 0 Å². The van der Waals surface area contributed by atoms with E-state index >= 15 is 0 Å². The van der Waals surface area contributed by atoms with E-state index in [-0.39, 0.29) is 42.0 Å². The molecule has 2 aromatic heterocycles. The highest BCUT2D eigenvalue weighted by atomic mass is 16.6. The van der Waals surface area contributed by atoms with E-state index in [1.807, 2.05) is 13.0 Å². The largest absolute Gasteiger partial charge is 0.457 e. The van der Waals surface area contributed by atoms with Crippen molar-refractivity contribution in [3.8, 4) is 11.4 Å². The van der Waals surface area contributed by atoms with Crippen molar-refractivity contribution >= 4 is 28.5 Å². The van der Waals surface area contributed by atoms with Gasteiger partial charge in [0.1, 0.15) is 6.61 Å². The number of aryl methyl sites for hydroxylation is 1.